The van der Waals surface area contributed by atoms with Crippen LogP contribution in [0.5, 0.6) is 0 Å². The van der Waals surface area contributed by atoms with Gasteiger partial charge in [-0.1, -0.05) is 26.7 Å². The molecule has 1 heterocycles. The summed E-state index contributed by atoms with van der Waals surface area (Å²) in [6.45, 7) is 15.8. The van der Waals surface area contributed by atoms with E-state index in [1.165, 1.54) is 51.5 Å². The van der Waals surface area contributed by atoms with Crippen molar-refractivity contribution >= 4 is 0 Å². The lowest BCUT2D eigenvalue weighted by atomic mass is 9.93. The number of nitrogens with one attached hydrogen (secondary N) is 3. The van der Waals surface area contributed by atoms with Gasteiger partial charge < -0.3 is 16.0 Å². The molecule has 1 saturated heterocycles. The second kappa shape index (κ2) is 10.7. The van der Waals surface area contributed by atoms with Gasteiger partial charge in [0.1, 0.15) is 0 Å². The normalized spacial score (nSPS) is 23.5. The molecule has 23 heavy (non-hydrogen) atoms. The fourth-order valence-corrected chi connectivity index (χ4v) is 3.45. The predicted octanol–water partition coefficient (Wildman–Crippen LogP) is 4.47. The fourth-order valence-electron chi connectivity index (χ4n) is 3.45. The minimum absolute atomic E-state index is 0. The molecule has 0 aromatic heterocycles. The molecule has 2 rings (SSSR count). The van der Waals surface area contributed by atoms with Gasteiger partial charge in [-0.3, -0.25) is 0 Å². The minimum atomic E-state index is 0. The van der Waals surface area contributed by atoms with E-state index in [-0.39, 0.29) is 13.0 Å². The molecule has 1 unspecified atom stereocenters. The number of piperidine rings is 1. The Morgan fingerprint density at radius 1 is 0.696 bits per heavy atom. The lowest BCUT2D eigenvalue weighted by Crippen LogP contribution is -2.50. The summed E-state index contributed by atoms with van der Waals surface area (Å²) in [6, 6.07) is 1.48. The van der Waals surface area contributed by atoms with E-state index in [0.717, 1.165) is 12.6 Å². The first-order valence-electron chi connectivity index (χ1n) is 9.42. The molecule has 1 saturated carbocycles. The Hall–Kier alpha value is -0.120. The Kier molecular flexibility index (Phi) is 10.6. The topological polar surface area (TPSA) is 36.1 Å². The first-order valence-corrected chi connectivity index (χ1v) is 9.42. The van der Waals surface area contributed by atoms with Gasteiger partial charge in [-0.25, -0.2) is 0 Å². The molecule has 0 bridgehead atoms. The molecule has 1 aliphatic heterocycles. The van der Waals surface area contributed by atoms with Crippen LogP contribution in [-0.2, 0) is 0 Å². The van der Waals surface area contributed by atoms with E-state index in [2.05, 4.69) is 57.5 Å². The molecule has 0 radical (unpaired) electrons. The number of hydrogen-bond donors (Lipinski definition) is 3. The van der Waals surface area contributed by atoms with Crippen LogP contribution in [0.1, 0.15) is 93.9 Å². The van der Waals surface area contributed by atoms with E-state index < -0.39 is 0 Å². The summed E-state index contributed by atoms with van der Waals surface area (Å²) in [4.78, 5) is 0. The highest BCUT2D eigenvalue weighted by Crippen LogP contribution is 2.19. The van der Waals surface area contributed by atoms with Crippen molar-refractivity contribution in [1.29, 1.82) is 0 Å². The summed E-state index contributed by atoms with van der Waals surface area (Å²) in [5, 5.41) is 10.6. The molecule has 0 aromatic rings. The third-order valence-electron chi connectivity index (χ3n) is 4.18. The van der Waals surface area contributed by atoms with E-state index in [9.17, 15) is 0 Å². The summed E-state index contributed by atoms with van der Waals surface area (Å²) in [6.07, 6.45) is 9.70. The van der Waals surface area contributed by atoms with E-state index >= 15 is 0 Å². The molecule has 2 aliphatic rings. The van der Waals surface area contributed by atoms with Crippen LogP contribution in [0, 0.1) is 0 Å². The minimum Gasteiger partial charge on any atom is -0.315 e. The average molecular weight is 328 g/mol. The Morgan fingerprint density at radius 2 is 1.17 bits per heavy atom. The lowest BCUT2D eigenvalue weighted by Gasteiger charge is -2.31. The van der Waals surface area contributed by atoms with E-state index in [0.29, 0.717) is 11.6 Å². The molecule has 3 heteroatoms. The summed E-state index contributed by atoms with van der Waals surface area (Å²) in [5.41, 5.74) is 0.575. The van der Waals surface area contributed by atoms with Crippen LogP contribution in [0.3, 0.4) is 0 Å². The molecule has 0 spiro atoms. The SMILES string of the molecule is C.CC(C)(C)NC1CCCCC1.CC(C)(C)NC1CCCNC1. The number of hydrogen-bond acceptors (Lipinski definition) is 3. The molecule has 1 aliphatic carbocycles. The third-order valence-corrected chi connectivity index (χ3v) is 4.18. The highest BCUT2D eigenvalue weighted by atomic mass is 15.0. The smallest absolute Gasteiger partial charge is 0.0197 e. The first-order chi connectivity index (χ1) is 10.2. The van der Waals surface area contributed by atoms with Gasteiger partial charge in [0, 0.05) is 29.7 Å². The zero-order chi connectivity index (χ0) is 16.6. The zero-order valence-electron chi connectivity index (χ0n) is 16.0. The predicted molar refractivity (Wildman–Crippen MR) is 105 cm³/mol. The van der Waals surface area contributed by atoms with Crippen LogP contribution in [0.15, 0.2) is 0 Å². The van der Waals surface area contributed by atoms with Crippen molar-refractivity contribution in [2.45, 2.75) is 117 Å². The molecular weight excluding hydrogens is 282 g/mol. The molecule has 140 valence electrons. The van der Waals surface area contributed by atoms with Crippen LogP contribution in [0.25, 0.3) is 0 Å². The second-order valence-corrected chi connectivity index (χ2v) is 9.17. The van der Waals surface area contributed by atoms with Crippen LogP contribution < -0.4 is 16.0 Å². The maximum absolute atomic E-state index is 3.66. The van der Waals surface area contributed by atoms with Crippen LogP contribution in [0.2, 0.25) is 0 Å². The van der Waals surface area contributed by atoms with Gasteiger partial charge in [0.2, 0.25) is 0 Å². The van der Waals surface area contributed by atoms with Crippen molar-refractivity contribution in [2.75, 3.05) is 13.1 Å². The Labute approximate surface area is 146 Å². The molecule has 3 nitrogen and oxygen atoms in total. The van der Waals surface area contributed by atoms with Gasteiger partial charge >= 0.3 is 0 Å². The molecule has 1 atom stereocenters. The maximum atomic E-state index is 3.66. The van der Waals surface area contributed by atoms with Crippen molar-refractivity contribution < 1.29 is 0 Å². The largest absolute Gasteiger partial charge is 0.315 e. The highest BCUT2D eigenvalue weighted by Gasteiger charge is 2.19. The van der Waals surface area contributed by atoms with E-state index in [1.807, 2.05) is 0 Å². The standard InChI is InChI=1S/C10H21N.C9H20N2.CH4/c1-10(2,3)11-9-7-5-4-6-8-9;1-9(2,3)11-8-5-4-6-10-7-8;/h9,11H,4-8H2,1-3H3;8,10-11H,4-7H2,1-3H3;1H4. The van der Waals surface area contributed by atoms with Gasteiger partial charge in [0.05, 0.1) is 0 Å². The summed E-state index contributed by atoms with van der Waals surface area (Å²) < 4.78 is 0. The molecule has 2 fully saturated rings. The van der Waals surface area contributed by atoms with E-state index in [4.69, 9.17) is 0 Å². The van der Waals surface area contributed by atoms with Crippen molar-refractivity contribution in [1.82, 2.24) is 16.0 Å². The van der Waals surface area contributed by atoms with Gasteiger partial charge in [-0.15, -0.1) is 0 Å². The van der Waals surface area contributed by atoms with Gasteiger partial charge in [-0.05, 0) is 73.8 Å². The second-order valence-electron chi connectivity index (χ2n) is 9.17. The summed E-state index contributed by atoms with van der Waals surface area (Å²) >= 11 is 0. The zero-order valence-corrected chi connectivity index (χ0v) is 16.0. The summed E-state index contributed by atoms with van der Waals surface area (Å²) in [5.74, 6) is 0. The van der Waals surface area contributed by atoms with E-state index in [1.54, 1.807) is 0 Å². The number of rotatable bonds is 2. The monoisotopic (exact) mass is 327 g/mol. The van der Waals surface area contributed by atoms with Crippen molar-refractivity contribution in [3.8, 4) is 0 Å². The summed E-state index contributed by atoms with van der Waals surface area (Å²) in [7, 11) is 0. The highest BCUT2D eigenvalue weighted by molar-refractivity contribution is 4.82. The molecule has 0 aromatic carbocycles. The third kappa shape index (κ3) is 12.9. The van der Waals surface area contributed by atoms with Gasteiger partial charge in [-0.2, -0.15) is 0 Å². The van der Waals surface area contributed by atoms with Crippen molar-refractivity contribution in [3.05, 3.63) is 0 Å². The van der Waals surface area contributed by atoms with Crippen LogP contribution >= 0.6 is 0 Å². The van der Waals surface area contributed by atoms with Crippen molar-refractivity contribution in [3.63, 3.8) is 0 Å². The fraction of sp³-hybridized carbons (Fsp3) is 1.00. The van der Waals surface area contributed by atoms with Crippen LogP contribution in [-0.4, -0.2) is 36.3 Å². The Morgan fingerprint density at radius 3 is 1.61 bits per heavy atom. The Bertz CT molecular complexity index is 246. The van der Waals surface area contributed by atoms with Crippen molar-refractivity contribution in [2.24, 2.45) is 0 Å². The molecule has 0 amide bonds. The van der Waals surface area contributed by atoms with Gasteiger partial charge in [0.15, 0.2) is 0 Å². The van der Waals surface area contributed by atoms with Gasteiger partial charge in [0.25, 0.3) is 0 Å². The van der Waals surface area contributed by atoms with Crippen LogP contribution in [0.4, 0.5) is 0 Å². The quantitative estimate of drug-likeness (QED) is 0.700. The first kappa shape index (κ1) is 22.9. The molecular formula is C20H45N3. The average Bonchev–Trinajstić information content (AvgIpc) is 2.38. The molecule has 3 N–H and O–H groups in total. The lowest BCUT2D eigenvalue weighted by molar-refractivity contribution is 0.295. The Balaban J connectivity index is 0.000000403. The maximum Gasteiger partial charge on any atom is 0.0197 e.